The zero-order chi connectivity index (χ0) is 14.3. The highest BCUT2D eigenvalue weighted by Crippen LogP contribution is 2.41. The van der Waals surface area contributed by atoms with Gasteiger partial charge >= 0.3 is 0 Å². The van der Waals surface area contributed by atoms with E-state index in [1.165, 1.54) is 0 Å². The maximum atomic E-state index is 6.18. The molecule has 1 aliphatic heterocycles. The van der Waals surface area contributed by atoms with Gasteiger partial charge in [-0.25, -0.2) is 9.97 Å². The third-order valence-electron chi connectivity index (χ3n) is 2.63. The Balaban J connectivity index is 2.13. The molecule has 0 aliphatic carbocycles. The highest BCUT2D eigenvalue weighted by atomic mass is 127. The smallest absolute Gasteiger partial charge is 0.179 e. The van der Waals surface area contributed by atoms with Crippen LogP contribution in [0.5, 0.6) is 11.5 Å². The number of halogens is 4. The first-order chi connectivity index (χ1) is 9.56. The Kier molecular flexibility index (Phi) is 4.12. The summed E-state index contributed by atoms with van der Waals surface area (Å²) in [6, 6.07) is 3.46. The summed E-state index contributed by atoms with van der Waals surface area (Å²) in [4.78, 5) is 8.40. The number of aromatic nitrogens is 2. The van der Waals surface area contributed by atoms with Crippen LogP contribution in [0.3, 0.4) is 0 Å². The van der Waals surface area contributed by atoms with Gasteiger partial charge in [-0.1, -0.05) is 34.8 Å². The minimum absolute atomic E-state index is 0.298. The van der Waals surface area contributed by atoms with E-state index in [9.17, 15) is 0 Å². The van der Waals surface area contributed by atoms with Gasteiger partial charge in [0.25, 0.3) is 0 Å². The molecule has 104 valence electrons. The van der Waals surface area contributed by atoms with Crippen LogP contribution in [-0.2, 0) is 0 Å². The summed E-state index contributed by atoms with van der Waals surface area (Å²) in [7, 11) is 0. The molecule has 0 radical (unpaired) electrons. The van der Waals surface area contributed by atoms with E-state index in [2.05, 4.69) is 9.97 Å². The third kappa shape index (κ3) is 2.64. The number of benzene rings is 1. The van der Waals surface area contributed by atoms with Crippen molar-refractivity contribution in [1.82, 2.24) is 9.97 Å². The van der Waals surface area contributed by atoms with Crippen LogP contribution >= 0.6 is 57.4 Å². The Labute approximate surface area is 143 Å². The Hall–Kier alpha value is -0.500. The maximum Gasteiger partial charge on any atom is 0.179 e. The van der Waals surface area contributed by atoms with Crippen LogP contribution in [0.1, 0.15) is 0 Å². The zero-order valence-corrected chi connectivity index (χ0v) is 14.2. The van der Waals surface area contributed by atoms with E-state index >= 15 is 0 Å². The summed E-state index contributed by atoms with van der Waals surface area (Å²) < 4.78 is 11.6. The summed E-state index contributed by atoms with van der Waals surface area (Å²) in [5.74, 6) is 1.48. The van der Waals surface area contributed by atoms with Crippen LogP contribution in [0, 0.1) is 3.57 Å². The van der Waals surface area contributed by atoms with Gasteiger partial charge in [0.05, 0.1) is 8.59 Å². The van der Waals surface area contributed by atoms with Crippen LogP contribution in [0.4, 0.5) is 0 Å². The Bertz CT molecular complexity index is 674. The molecule has 2 heterocycles. The normalized spacial score (nSPS) is 13.4. The zero-order valence-electron chi connectivity index (χ0n) is 9.79. The lowest BCUT2D eigenvalue weighted by Crippen LogP contribution is -2.15. The van der Waals surface area contributed by atoms with Crippen molar-refractivity contribution in [1.29, 1.82) is 0 Å². The van der Waals surface area contributed by atoms with Crippen molar-refractivity contribution >= 4 is 57.4 Å². The molecule has 1 aromatic heterocycles. The molecule has 0 saturated heterocycles. The first-order valence-corrected chi connectivity index (χ1v) is 7.75. The molecule has 4 nitrogen and oxygen atoms in total. The number of fused-ring (bicyclic) bond motifs is 1. The summed E-state index contributed by atoms with van der Waals surface area (Å²) >= 11 is 20.2. The maximum absolute atomic E-state index is 6.18. The Morgan fingerprint density at radius 3 is 2.35 bits per heavy atom. The molecule has 1 aliphatic rings. The monoisotopic (exact) mass is 442 g/mol. The van der Waals surface area contributed by atoms with Gasteiger partial charge < -0.3 is 9.47 Å². The molecule has 1 aromatic carbocycles. The van der Waals surface area contributed by atoms with Crippen LogP contribution < -0.4 is 9.47 Å². The molecule has 0 amide bonds. The third-order valence-corrected chi connectivity index (χ3v) is 5.11. The second-order valence-electron chi connectivity index (χ2n) is 3.93. The average Bonchev–Trinajstić information content (AvgIpc) is 2.44. The number of rotatable bonds is 1. The number of hydrogen-bond donors (Lipinski definition) is 0. The lowest BCUT2D eigenvalue weighted by atomic mass is 10.2. The fourth-order valence-electron chi connectivity index (χ4n) is 1.76. The van der Waals surface area contributed by atoms with Crippen LogP contribution in [0.25, 0.3) is 11.4 Å². The summed E-state index contributed by atoms with van der Waals surface area (Å²) in [6.07, 6.45) is 0. The molecule has 0 N–H and O–H groups in total. The first kappa shape index (κ1) is 14.4. The van der Waals surface area contributed by atoms with Gasteiger partial charge in [0.2, 0.25) is 0 Å². The molecule has 0 spiro atoms. The van der Waals surface area contributed by atoms with Gasteiger partial charge in [-0.3, -0.25) is 0 Å². The molecule has 20 heavy (non-hydrogen) atoms. The molecular formula is C12H6Cl3IN2O2. The largest absolute Gasteiger partial charge is 0.486 e. The predicted octanol–water partition coefficient (Wildman–Crippen LogP) is 4.48. The summed E-state index contributed by atoms with van der Waals surface area (Å²) in [5.41, 5.74) is 0.666. The molecule has 2 aromatic rings. The Morgan fingerprint density at radius 2 is 1.65 bits per heavy atom. The molecule has 0 unspecified atom stereocenters. The molecular weight excluding hydrogens is 437 g/mol. The molecule has 3 rings (SSSR count). The lowest BCUT2D eigenvalue weighted by Gasteiger charge is -2.20. The molecule has 0 atom stereocenters. The topological polar surface area (TPSA) is 44.2 Å². The van der Waals surface area contributed by atoms with Crippen LogP contribution in [0.15, 0.2) is 12.1 Å². The van der Waals surface area contributed by atoms with E-state index in [-0.39, 0.29) is 0 Å². The molecule has 8 heteroatoms. The van der Waals surface area contributed by atoms with E-state index in [0.717, 1.165) is 0 Å². The number of nitrogens with zero attached hydrogens (tertiary/aromatic N) is 2. The van der Waals surface area contributed by atoms with Crippen molar-refractivity contribution in [2.24, 2.45) is 0 Å². The molecule has 0 bridgehead atoms. The van der Waals surface area contributed by atoms with Crippen molar-refractivity contribution in [3.63, 3.8) is 0 Å². The quantitative estimate of drug-likeness (QED) is 0.482. The minimum atomic E-state index is 0.298. The predicted molar refractivity (Wildman–Crippen MR) is 86.2 cm³/mol. The average molecular weight is 443 g/mol. The fraction of sp³-hybridized carbons (Fsp3) is 0.167. The van der Waals surface area contributed by atoms with Crippen molar-refractivity contribution < 1.29 is 9.47 Å². The molecule has 0 saturated carbocycles. The lowest BCUT2D eigenvalue weighted by molar-refractivity contribution is 0.172. The highest BCUT2D eigenvalue weighted by Gasteiger charge is 2.19. The molecule has 0 fully saturated rings. The van der Waals surface area contributed by atoms with E-state index in [4.69, 9.17) is 44.3 Å². The van der Waals surface area contributed by atoms with E-state index < -0.39 is 0 Å². The van der Waals surface area contributed by atoms with Crippen LogP contribution in [-0.4, -0.2) is 23.2 Å². The van der Waals surface area contributed by atoms with E-state index in [0.29, 0.717) is 55.0 Å². The van der Waals surface area contributed by atoms with Gasteiger partial charge in [-0.2, -0.15) is 0 Å². The van der Waals surface area contributed by atoms with Gasteiger partial charge in [0, 0.05) is 5.56 Å². The Morgan fingerprint density at radius 1 is 1.00 bits per heavy atom. The number of hydrogen-bond acceptors (Lipinski definition) is 4. The fourth-order valence-corrected chi connectivity index (χ4v) is 2.66. The summed E-state index contributed by atoms with van der Waals surface area (Å²) in [6.45, 7) is 0.950. The van der Waals surface area contributed by atoms with E-state index in [1.54, 1.807) is 12.1 Å². The number of ether oxygens (including phenoxy) is 2. The van der Waals surface area contributed by atoms with Crippen molar-refractivity contribution in [2.75, 3.05) is 13.2 Å². The van der Waals surface area contributed by atoms with Gasteiger partial charge in [0.15, 0.2) is 17.3 Å². The minimum Gasteiger partial charge on any atom is -0.486 e. The van der Waals surface area contributed by atoms with Gasteiger partial charge in [0.1, 0.15) is 23.5 Å². The van der Waals surface area contributed by atoms with Crippen molar-refractivity contribution in [3.05, 3.63) is 31.0 Å². The second-order valence-corrected chi connectivity index (χ2v) is 6.13. The van der Waals surface area contributed by atoms with Gasteiger partial charge in [-0.15, -0.1) is 0 Å². The summed E-state index contributed by atoms with van der Waals surface area (Å²) in [5, 5.41) is 1.03. The highest BCUT2D eigenvalue weighted by molar-refractivity contribution is 14.1. The van der Waals surface area contributed by atoms with Crippen molar-refractivity contribution in [3.8, 4) is 22.9 Å². The SMILES string of the molecule is Clc1cc(-c2nc(Cl)c(I)c(Cl)n2)cc2c1OCCO2. The van der Waals surface area contributed by atoms with Crippen LogP contribution in [0.2, 0.25) is 15.3 Å². The standard InChI is InChI=1S/C12H6Cl3IN2O2/c13-6-3-5(4-7-9(6)20-2-1-19-7)12-17-10(14)8(16)11(15)18-12/h3-4H,1-2H2. The van der Waals surface area contributed by atoms with Crippen molar-refractivity contribution in [2.45, 2.75) is 0 Å². The second kappa shape index (κ2) is 5.71. The first-order valence-electron chi connectivity index (χ1n) is 5.54. The van der Waals surface area contributed by atoms with Gasteiger partial charge in [-0.05, 0) is 34.7 Å². The van der Waals surface area contributed by atoms with E-state index in [1.807, 2.05) is 22.6 Å².